The van der Waals surface area contributed by atoms with Crippen molar-refractivity contribution in [3.05, 3.63) is 0 Å². The van der Waals surface area contributed by atoms with Crippen molar-refractivity contribution in [1.29, 1.82) is 0 Å². The molecule has 94 valence electrons. The lowest BCUT2D eigenvalue weighted by atomic mass is 10.0. The Morgan fingerprint density at radius 1 is 0.938 bits per heavy atom. The van der Waals surface area contributed by atoms with Gasteiger partial charge in [-0.2, -0.15) is 0 Å². The number of hydrogen-bond donors (Lipinski definition) is 0. The number of piperazine rings is 1. The molecule has 0 aromatic rings. The highest BCUT2D eigenvalue weighted by Gasteiger charge is 2.27. The second-order valence-electron chi connectivity index (χ2n) is 5.31. The van der Waals surface area contributed by atoms with Crippen LogP contribution >= 0.6 is 22.9 Å². The molecule has 0 radical (unpaired) electrons. The van der Waals surface area contributed by atoms with Crippen LogP contribution in [0.25, 0.3) is 0 Å². The summed E-state index contributed by atoms with van der Waals surface area (Å²) in [6.45, 7) is 12.3. The molecule has 4 heteroatoms. The maximum absolute atomic E-state index is 2.72. The molecular formula is C12H24IN3. The van der Waals surface area contributed by atoms with E-state index in [9.17, 15) is 0 Å². The summed E-state index contributed by atoms with van der Waals surface area (Å²) in [5.41, 5.74) is 0. The quantitative estimate of drug-likeness (QED) is 0.562. The van der Waals surface area contributed by atoms with Gasteiger partial charge in [-0.1, -0.05) is 0 Å². The first-order valence-electron chi connectivity index (χ1n) is 6.55. The second-order valence-corrected chi connectivity index (χ2v) is 6.67. The van der Waals surface area contributed by atoms with Gasteiger partial charge in [-0.05, 0) is 26.7 Å². The molecule has 2 saturated heterocycles. The standard InChI is InChI=1S/C12H24IN3/c1-11(2)14-7-9-15(10-8-14)12-3-5-16(13)6-4-12/h11-12H,3-10H2,1-2H3. The molecule has 0 aromatic carbocycles. The van der Waals surface area contributed by atoms with E-state index in [0.717, 1.165) is 12.1 Å². The van der Waals surface area contributed by atoms with Crippen LogP contribution in [0.4, 0.5) is 0 Å². The Balaban J connectivity index is 1.76. The van der Waals surface area contributed by atoms with Gasteiger partial charge >= 0.3 is 0 Å². The van der Waals surface area contributed by atoms with Crippen LogP contribution in [0.3, 0.4) is 0 Å². The Kier molecular flexibility index (Phi) is 4.88. The minimum absolute atomic E-state index is 0.721. The second kappa shape index (κ2) is 5.98. The molecule has 2 rings (SSSR count). The Morgan fingerprint density at radius 2 is 1.50 bits per heavy atom. The zero-order chi connectivity index (χ0) is 11.5. The molecule has 0 spiro atoms. The maximum Gasteiger partial charge on any atom is 0.0201 e. The largest absolute Gasteiger partial charge is 0.298 e. The van der Waals surface area contributed by atoms with Gasteiger partial charge in [0, 0.05) is 74.2 Å². The molecule has 16 heavy (non-hydrogen) atoms. The highest BCUT2D eigenvalue weighted by molar-refractivity contribution is 14.1. The van der Waals surface area contributed by atoms with Crippen LogP contribution in [0.15, 0.2) is 0 Å². The number of rotatable bonds is 2. The molecule has 0 unspecified atom stereocenters. The lowest BCUT2D eigenvalue weighted by Crippen LogP contribution is -2.53. The fraction of sp³-hybridized carbons (Fsp3) is 1.00. The average molecular weight is 337 g/mol. The molecule has 0 amide bonds. The summed E-state index contributed by atoms with van der Waals surface area (Å²) in [6.07, 6.45) is 2.73. The van der Waals surface area contributed by atoms with E-state index in [1.165, 1.54) is 52.1 Å². The van der Waals surface area contributed by atoms with Gasteiger partial charge in [0.1, 0.15) is 0 Å². The van der Waals surface area contributed by atoms with Crippen molar-refractivity contribution < 1.29 is 0 Å². The maximum atomic E-state index is 2.72. The van der Waals surface area contributed by atoms with E-state index in [1.54, 1.807) is 0 Å². The van der Waals surface area contributed by atoms with E-state index in [2.05, 4.69) is 49.6 Å². The predicted octanol–water partition coefficient (Wildman–Crippen LogP) is 1.83. The molecule has 2 aliphatic rings. The van der Waals surface area contributed by atoms with Gasteiger partial charge in [0.25, 0.3) is 0 Å². The average Bonchev–Trinajstić information content (AvgIpc) is 2.30. The van der Waals surface area contributed by atoms with Crippen LogP contribution in [-0.2, 0) is 0 Å². The lowest BCUT2D eigenvalue weighted by molar-refractivity contribution is 0.0617. The predicted molar refractivity (Wildman–Crippen MR) is 76.9 cm³/mol. The topological polar surface area (TPSA) is 9.72 Å². The fourth-order valence-electron chi connectivity index (χ4n) is 2.82. The Bertz CT molecular complexity index is 206. The molecule has 0 N–H and O–H groups in total. The number of piperidine rings is 1. The first kappa shape index (κ1) is 13.1. The molecule has 0 aromatic heterocycles. The van der Waals surface area contributed by atoms with Crippen molar-refractivity contribution in [2.24, 2.45) is 0 Å². The zero-order valence-corrected chi connectivity index (χ0v) is 12.7. The third-order valence-corrected chi connectivity index (χ3v) is 4.97. The van der Waals surface area contributed by atoms with Crippen LogP contribution in [0.2, 0.25) is 0 Å². The summed E-state index contributed by atoms with van der Waals surface area (Å²) in [4.78, 5) is 5.33. The monoisotopic (exact) mass is 337 g/mol. The van der Waals surface area contributed by atoms with Crippen molar-refractivity contribution >= 4 is 22.9 Å². The van der Waals surface area contributed by atoms with Crippen LogP contribution in [0.5, 0.6) is 0 Å². The molecule has 2 aliphatic heterocycles. The molecular weight excluding hydrogens is 313 g/mol. The lowest BCUT2D eigenvalue weighted by Gasteiger charge is -2.42. The Labute approximate surface area is 114 Å². The summed E-state index contributed by atoms with van der Waals surface area (Å²) in [6, 6.07) is 1.58. The van der Waals surface area contributed by atoms with Crippen molar-refractivity contribution in [2.45, 2.75) is 38.8 Å². The van der Waals surface area contributed by atoms with E-state index in [4.69, 9.17) is 0 Å². The van der Waals surface area contributed by atoms with Crippen molar-refractivity contribution in [1.82, 2.24) is 12.9 Å². The molecule has 3 nitrogen and oxygen atoms in total. The molecule has 0 aliphatic carbocycles. The van der Waals surface area contributed by atoms with Gasteiger partial charge in [-0.25, -0.2) is 3.11 Å². The molecule has 0 saturated carbocycles. The molecule has 2 fully saturated rings. The third-order valence-electron chi connectivity index (χ3n) is 4.01. The van der Waals surface area contributed by atoms with Gasteiger partial charge < -0.3 is 0 Å². The van der Waals surface area contributed by atoms with Gasteiger partial charge in [-0.15, -0.1) is 0 Å². The van der Waals surface area contributed by atoms with Crippen LogP contribution in [0.1, 0.15) is 26.7 Å². The summed E-state index contributed by atoms with van der Waals surface area (Å²) in [7, 11) is 0. The van der Waals surface area contributed by atoms with Crippen molar-refractivity contribution in [3.8, 4) is 0 Å². The third kappa shape index (κ3) is 3.31. The fourth-order valence-corrected chi connectivity index (χ4v) is 3.38. The van der Waals surface area contributed by atoms with E-state index < -0.39 is 0 Å². The van der Waals surface area contributed by atoms with Gasteiger partial charge in [0.15, 0.2) is 0 Å². The molecule has 0 bridgehead atoms. The van der Waals surface area contributed by atoms with E-state index in [-0.39, 0.29) is 0 Å². The highest BCUT2D eigenvalue weighted by atomic mass is 127. The van der Waals surface area contributed by atoms with E-state index in [0.29, 0.717) is 0 Å². The number of nitrogens with zero attached hydrogens (tertiary/aromatic N) is 3. The molecule has 0 atom stereocenters. The minimum atomic E-state index is 0.721. The first-order valence-corrected chi connectivity index (χ1v) is 7.52. The van der Waals surface area contributed by atoms with Crippen LogP contribution in [0, 0.1) is 0 Å². The van der Waals surface area contributed by atoms with Gasteiger partial charge in [-0.3, -0.25) is 9.80 Å². The summed E-state index contributed by atoms with van der Waals surface area (Å²) < 4.78 is 2.43. The summed E-state index contributed by atoms with van der Waals surface area (Å²) in [5.74, 6) is 0. The number of hydrogen-bond acceptors (Lipinski definition) is 3. The minimum Gasteiger partial charge on any atom is -0.298 e. The molecule has 2 heterocycles. The Morgan fingerprint density at radius 3 is 2.00 bits per heavy atom. The highest BCUT2D eigenvalue weighted by Crippen LogP contribution is 2.20. The van der Waals surface area contributed by atoms with Gasteiger partial charge in [0.05, 0.1) is 0 Å². The van der Waals surface area contributed by atoms with Crippen LogP contribution < -0.4 is 0 Å². The van der Waals surface area contributed by atoms with Crippen LogP contribution in [-0.4, -0.2) is 64.3 Å². The number of halogens is 1. The summed E-state index contributed by atoms with van der Waals surface area (Å²) in [5, 5.41) is 0. The van der Waals surface area contributed by atoms with Gasteiger partial charge in [0.2, 0.25) is 0 Å². The Hall–Kier alpha value is 0.610. The summed E-state index contributed by atoms with van der Waals surface area (Å²) >= 11 is 2.46. The van der Waals surface area contributed by atoms with E-state index in [1.807, 2.05) is 0 Å². The smallest absolute Gasteiger partial charge is 0.0201 e. The van der Waals surface area contributed by atoms with Crippen molar-refractivity contribution in [2.75, 3.05) is 39.3 Å². The SMILES string of the molecule is CC(C)N1CCN(C2CCN(I)CC2)CC1. The zero-order valence-electron chi connectivity index (χ0n) is 10.5. The first-order chi connectivity index (χ1) is 7.66. The van der Waals surface area contributed by atoms with Crippen molar-refractivity contribution in [3.63, 3.8) is 0 Å². The van der Waals surface area contributed by atoms with E-state index >= 15 is 0 Å². The normalized spacial score (nSPS) is 27.8.